The van der Waals surface area contributed by atoms with Crippen LogP contribution in [0.3, 0.4) is 0 Å². The zero-order valence-corrected chi connectivity index (χ0v) is 26.1. The van der Waals surface area contributed by atoms with Crippen molar-refractivity contribution in [2.45, 2.75) is 89.1 Å². The summed E-state index contributed by atoms with van der Waals surface area (Å²) in [6.07, 6.45) is -6.86. The molecule has 0 radical (unpaired) electrons. The molecule has 46 heavy (non-hydrogen) atoms. The Morgan fingerprint density at radius 3 is 2.30 bits per heavy atom. The van der Waals surface area contributed by atoms with Crippen LogP contribution in [0.25, 0.3) is 0 Å². The topological polar surface area (TPSA) is 254 Å². The summed E-state index contributed by atoms with van der Waals surface area (Å²) in [7, 11) is 1.15. The molecule has 1 aromatic carbocycles. The van der Waals surface area contributed by atoms with E-state index >= 15 is 0 Å². The predicted octanol–water partition coefficient (Wildman–Crippen LogP) is -2.90. The summed E-state index contributed by atoms with van der Waals surface area (Å²) in [5.74, 6) is -4.26. The van der Waals surface area contributed by atoms with Crippen molar-refractivity contribution in [1.29, 1.82) is 0 Å². The van der Waals surface area contributed by atoms with Crippen molar-refractivity contribution in [2.75, 3.05) is 20.3 Å². The molecule has 5 amide bonds. The molecule has 1 saturated heterocycles. The number of esters is 1. The van der Waals surface area contributed by atoms with Crippen LogP contribution < -0.4 is 27.0 Å². The zero-order chi connectivity index (χ0) is 34.4. The van der Waals surface area contributed by atoms with E-state index in [9.17, 15) is 39.0 Å². The fourth-order valence-electron chi connectivity index (χ4n) is 4.40. The molecule has 0 aliphatic carbocycles. The molecule has 17 heteroatoms. The number of benzene rings is 1. The average molecular weight is 654 g/mol. The van der Waals surface area contributed by atoms with Crippen LogP contribution in [-0.4, -0.2) is 115 Å². The summed E-state index contributed by atoms with van der Waals surface area (Å²) in [6.45, 7) is 2.99. The van der Waals surface area contributed by atoms with E-state index in [1.807, 2.05) is 30.3 Å². The van der Waals surface area contributed by atoms with Crippen molar-refractivity contribution in [3.05, 3.63) is 35.9 Å². The molecule has 2 rings (SSSR count). The quantitative estimate of drug-likeness (QED) is 0.0837. The van der Waals surface area contributed by atoms with Crippen molar-refractivity contribution < 1.29 is 57.9 Å². The van der Waals surface area contributed by atoms with Crippen molar-refractivity contribution in [2.24, 2.45) is 5.73 Å². The molecule has 0 bridgehead atoms. The molecule has 1 aliphatic rings. The average Bonchev–Trinajstić information content (AvgIpc) is 3.02. The lowest BCUT2D eigenvalue weighted by Crippen LogP contribution is -2.66. The van der Waals surface area contributed by atoms with E-state index in [2.05, 4.69) is 26.0 Å². The minimum atomic E-state index is -1.49. The van der Waals surface area contributed by atoms with Crippen LogP contribution in [0.1, 0.15) is 39.2 Å². The maximum atomic E-state index is 13.0. The number of nitrogens with two attached hydrogens (primary N) is 1. The van der Waals surface area contributed by atoms with E-state index in [4.69, 9.17) is 19.9 Å². The van der Waals surface area contributed by atoms with Gasteiger partial charge in [0.2, 0.25) is 29.5 Å². The van der Waals surface area contributed by atoms with E-state index < -0.39 is 90.9 Å². The summed E-state index contributed by atoms with van der Waals surface area (Å²) in [5, 5.41) is 30.5. The first-order valence-electron chi connectivity index (χ1n) is 14.5. The van der Waals surface area contributed by atoms with Crippen LogP contribution in [-0.2, 0) is 54.3 Å². The Morgan fingerprint density at radius 1 is 1.04 bits per heavy atom. The van der Waals surface area contributed by atoms with E-state index in [-0.39, 0.29) is 26.0 Å². The Balaban J connectivity index is 2.04. The van der Waals surface area contributed by atoms with Gasteiger partial charge in [-0.2, -0.15) is 0 Å². The third kappa shape index (κ3) is 12.0. The van der Waals surface area contributed by atoms with Crippen LogP contribution in [0.4, 0.5) is 0 Å². The first-order chi connectivity index (χ1) is 21.8. The normalized spacial score (nSPS) is 22.8. The number of methoxy groups -OCH3 is 1. The molecule has 0 saturated carbocycles. The van der Waals surface area contributed by atoms with Gasteiger partial charge in [-0.15, -0.1) is 0 Å². The van der Waals surface area contributed by atoms with Crippen molar-refractivity contribution in [1.82, 2.24) is 21.3 Å². The van der Waals surface area contributed by atoms with Crippen LogP contribution in [0.5, 0.6) is 0 Å². The highest BCUT2D eigenvalue weighted by Crippen LogP contribution is 2.26. The van der Waals surface area contributed by atoms with Crippen LogP contribution in [0, 0.1) is 0 Å². The van der Waals surface area contributed by atoms with Gasteiger partial charge in [0.15, 0.2) is 6.29 Å². The van der Waals surface area contributed by atoms with E-state index in [0.717, 1.165) is 12.7 Å². The highest BCUT2D eigenvalue weighted by Gasteiger charge is 2.48. The second-order valence-corrected chi connectivity index (χ2v) is 10.6. The minimum absolute atomic E-state index is 0.0652. The Kier molecular flexibility index (Phi) is 15.5. The number of hydrogen-bond acceptors (Lipinski definition) is 12. The molecule has 8 atom stereocenters. The number of aliphatic hydroxyl groups excluding tert-OH is 2. The molecule has 8 N–H and O–H groups in total. The molecule has 1 unspecified atom stereocenters. The highest BCUT2D eigenvalue weighted by atomic mass is 16.7. The van der Waals surface area contributed by atoms with Crippen molar-refractivity contribution in [3.63, 3.8) is 0 Å². The molecule has 0 spiro atoms. The van der Waals surface area contributed by atoms with Gasteiger partial charge in [0, 0.05) is 13.3 Å². The van der Waals surface area contributed by atoms with Gasteiger partial charge in [0.05, 0.1) is 20.3 Å². The first kappa shape index (κ1) is 38.0. The second kappa shape index (κ2) is 18.7. The number of hydrogen-bond donors (Lipinski definition) is 7. The van der Waals surface area contributed by atoms with Crippen LogP contribution >= 0.6 is 0 Å². The lowest BCUT2D eigenvalue weighted by molar-refractivity contribution is -0.283. The Bertz CT molecular complexity index is 1200. The van der Waals surface area contributed by atoms with Gasteiger partial charge in [0.1, 0.15) is 49.1 Å². The van der Waals surface area contributed by atoms with Crippen LogP contribution in [0.2, 0.25) is 0 Å². The largest absolute Gasteiger partial charge is 0.468 e. The molecule has 1 fully saturated rings. The van der Waals surface area contributed by atoms with Gasteiger partial charge in [0.25, 0.3) is 0 Å². The summed E-state index contributed by atoms with van der Waals surface area (Å²) >= 11 is 0. The fraction of sp³-hybridized carbons (Fsp3) is 0.586. The lowest BCUT2D eigenvalue weighted by Gasteiger charge is -2.44. The summed E-state index contributed by atoms with van der Waals surface area (Å²) < 4.78 is 21.9. The number of primary amides is 1. The summed E-state index contributed by atoms with van der Waals surface area (Å²) in [4.78, 5) is 72.8. The molecule has 1 aromatic rings. The van der Waals surface area contributed by atoms with Gasteiger partial charge in [-0.3, -0.25) is 28.8 Å². The maximum absolute atomic E-state index is 13.0. The van der Waals surface area contributed by atoms with Gasteiger partial charge >= 0.3 is 5.97 Å². The number of carbonyl (C=O) groups is 6. The number of rotatable bonds is 17. The molecule has 0 aromatic heterocycles. The highest BCUT2D eigenvalue weighted by molar-refractivity contribution is 5.92. The molecule has 256 valence electrons. The third-order valence-corrected chi connectivity index (χ3v) is 6.94. The maximum Gasteiger partial charge on any atom is 0.325 e. The monoisotopic (exact) mass is 653 g/mol. The Morgan fingerprint density at radius 2 is 1.72 bits per heavy atom. The van der Waals surface area contributed by atoms with E-state index in [0.29, 0.717) is 0 Å². The SMILES string of the molecule is COC(=O)CNC(=O)CCC(NC(=O)[C@H](C)NC(=O)[C@@H](C)O[C@H]1[C@H](O)[C@@H](CO)O[C@H](OCc2ccccc2)[C@@H]1NC(C)=O)C(N)=O. The fourth-order valence-corrected chi connectivity index (χ4v) is 4.40. The third-order valence-electron chi connectivity index (χ3n) is 6.94. The number of nitrogens with one attached hydrogen (secondary N) is 4. The molecule has 17 nitrogen and oxygen atoms in total. The molecule has 1 aliphatic heterocycles. The molecular formula is C29H43N5O12. The first-order valence-corrected chi connectivity index (χ1v) is 14.5. The molecular weight excluding hydrogens is 610 g/mol. The second-order valence-electron chi connectivity index (χ2n) is 10.6. The minimum Gasteiger partial charge on any atom is -0.468 e. The summed E-state index contributed by atoms with van der Waals surface area (Å²) in [5.41, 5.74) is 6.15. The Labute approximate surface area is 265 Å². The number of amides is 5. The lowest BCUT2D eigenvalue weighted by atomic mass is 9.96. The van der Waals surface area contributed by atoms with Gasteiger partial charge in [-0.1, -0.05) is 30.3 Å². The Hall–Kier alpha value is -4.16. The predicted molar refractivity (Wildman–Crippen MR) is 158 cm³/mol. The van der Waals surface area contributed by atoms with Crippen molar-refractivity contribution in [3.8, 4) is 0 Å². The van der Waals surface area contributed by atoms with E-state index in [1.165, 1.54) is 20.8 Å². The zero-order valence-electron chi connectivity index (χ0n) is 26.1. The smallest absolute Gasteiger partial charge is 0.325 e. The summed E-state index contributed by atoms with van der Waals surface area (Å²) in [6, 6.07) is 5.49. The number of ether oxygens (including phenoxy) is 4. The van der Waals surface area contributed by atoms with Gasteiger partial charge < -0.3 is 56.2 Å². The standard InChI is InChI=1S/C29H43N5O12/c1-15(27(41)34-19(26(30)40)10-11-21(37)31-12-22(38)43-4)32-28(42)16(2)45-25-23(33-17(3)36)29(46-20(13-35)24(25)39)44-14-18-8-6-5-7-9-18/h5-9,15-16,19-20,23-25,29,35,39H,10-14H2,1-4H3,(H2,30,40)(H,31,37)(H,32,42)(H,33,36)(H,34,41)/t15-,16+,19?,20+,23+,24+,25+,29-/m0/s1. The number of aliphatic hydroxyl groups is 2. The van der Waals surface area contributed by atoms with Gasteiger partial charge in [-0.25, -0.2) is 0 Å². The number of carbonyl (C=O) groups excluding carboxylic acids is 6. The van der Waals surface area contributed by atoms with E-state index in [1.54, 1.807) is 0 Å². The van der Waals surface area contributed by atoms with Crippen molar-refractivity contribution >= 4 is 35.5 Å². The van der Waals surface area contributed by atoms with Gasteiger partial charge in [-0.05, 0) is 25.8 Å². The molecule has 1 heterocycles. The van der Waals surface area contributed by atoms with Crippen LogP contribution in [0.15, 0.2) is 30.3 Å².